The van der Waals surface area contributed by atoms with E-state index >= 15 is 0 Å². The molecule has 1 aromatic heterocycles. The number of amides is 1. The monoisotopic (exact) mass is 392 g/mol. The molecule has 1 heterocycles. The van der Waals surface area contributed by atoms with Crippen LogP contribution < -0.4 is 10.6 Å². The topological polar surface area (TPSA) is 84.7 Å². The summed E-state index contributed by atoms with van der Waals surface area (Å²) in [4.78, 5) is 13.4. The van der Waals surface area contributed by atoms with E-state index in [4.69, 9.17) is 0 Å². The number of nitrogens with zero attached hydrogens (tertiary/aromatic N) is 4. The fraction of sp³-hybridized carbons (Fsp3) is 0.579. The van der Waals surface area contributed by atoms with E-state index in [2.05, 4.69) is 26.0 Å². The van der Waals surface area contributed by atoms with Crippen LogP contribution in [0.5, 0.6) is 0 Å². The Balaban J connectivity index is 0.00000261. The third-order valence-corrected chi connectivity index (χ3v) is 4.78. The molecular formula is C19H29ClN6O. The van der Waals surface area contributed by atoms with E-state index in [0.717, 1.165) is 12.1 Å². The Bertz CT molecular complexity index is 694. The molecule has 7 nitrogen and oxygen atoms in total. The lowest BCUT2D eigenvalue weighted by atomic mass is 10.1. The molecule has 1 aliphatic rings. The molecule has 1 aromatic carbocycles. The predicted octanol–water partition coefficient (Wildman–Crippen LogP) is 2.50. The van der Waals surface area contributed by atoms with Crippen LogP contribution in [0.3, 0.4) is 0 Å². The highest BCUT2D eigenvalue weighted by molar-refractivity contribution is 5.85. The average Bonchev–Trinajstić information content (AvgIpc) is 2.94. The molecule has 27 heavy (non-hydrogen) atoms. The summed E-state index contributed by atoms with van der Waals surface area (Å²) in [6, 6.07) is 8.52. The zero-order valence-corrected chi connectivity index (χ0v) is 16.7. The molecule has 2 aromatic rings. The number of nitrogens with one attached hydrogen (secondary N) is 2. The number of carbonyl (C=O) groups excluding carboxylic acids is 1. The van der Waals surface area contributed by atoms with Crippen molar-refractivity contribution in [3.05, 3.63) is 29.8 Å². The number of hydrogen-bond donors (Lipinski definition) is 2. The third kappa shape index (κ3) is 6.92. The number of aryl methyl sites for hydroxylation is 1. The van der Waals surface area contributed by atoms with E-state index in [1.807, 2.05) is 31.2 Å². The number of halogens is 1. The fourth-order valence-corrected chi connectivity index (χ4v) is 3.27. The molecular weight excluding hydrogens is 364 g/mol. The molecule has 0 aliphatic heterocycles. The summed E-state index contributed by atoms with van der Waals surface area (Å²) in [5.74, 6) is 0.438. The van der Waals surface area contributed by atoms with E-state index < -0.39 is 0 Å². The normalized spacial score (nSPS) is 15.0. The van der Waals surface area contributed by atoms with Crippen LogP contribution >= 0.6 is 12.4 Å². The van der Waals surface area contributed by atoms with E-state index in [9.17, 15) is 4.79 Å². The van der Waals surface area contributed by atoms with Crippen LogP contribution in [0, 0.1) is 6.92 Å². The number of hydrogen-bond acceptors (Lipinski definition) is 5. The average molecular weight is 393 g/mol. The van der Waals surface area contributed by atoms with Crippen molar-refractivity contribution in [1.82, 2.24) is 30.8 Å². The minimum Gasteiger partial charge on any atom is -0.353 e. The zero-order chi connectivity index (χ0) is 18.2. The van der Waals surface area contributed by atoms with Crippen LogP contribution in [0.25, 0.3) is 11.4 Å². The largest absolute Gasteiger partial charge is 0.353 e. The van der Waals surface area contributed by atoms with Crippen molar-refractivity contribution in [3.8, 4) is 11.4 Å². The van der Waals surface area contributed by atoms with Gasteiger partial charge in [0, 0.05) is 24.7 Å². The lowest BCUT2D eigenvalue weighted by Gasteiger charge is -2.16. The lowest BCUT2D eigenvalue weighted by Crippen LogP contribution is -2.38. The second-order valence-electron chi connectivity index (χ2n) is 7.00. The molecule has 0 atom stereocenters. The highest BCUT2D eigenvalue weighted by atomic mass is 35.5. The fourth-order valence-electron chi connectivity index (χ4n) is 3.27. The summed E-state index contributed by atoms with van der Waals surface area (Å²) in [6.07, 6.45) is 7.82. The molecule has 1 saturated carbocycles. The van der Waals surface area contributed by atoms with Gasteiger partial charge in [-0.1, -0.05) is 55.5 Å². The number of tetrazole rings is 1. The number of rotatable bonds is 7. The lowest BCUT2D eigenvalue weighted by molar-refractivity contribution is -0.122. The van der Waals surface area contributed by atoms with E-state index in [-0.39, 0.29) is 24.9 Å². The number of aromatic nitrogens is 4. The van der Waals surface area contributed by atoms with Gasteiger partial charge >= 0.3 is 0 Å². The van der Waals surface area contributed by atoms with Crippen molar-refractivity contribution in [2.45, 2.75) is 58.0 Å². The minimum absolute atomic E-state index is 0. The molecule has 148 valence electrons. The summed E-state index contributed by atoms with van der Waals surface area (Å²) in [7, 11) is 0. The highest BCUT2D eigenvalue weighted by Crippen LogP contribution is 2.17. The molecule has 0 spiro atoms. The maximum Gasteiger partial charge on any atom is 0.243 e. The van der Waals surface area contributed by atoms with Crippen LogP contribution in [0.15, 0.2) is 24.3 Å². The Labute approximate surface area is 166 Å². The standard InChI is InChI=1S/C19H28N6O.ClH/c1-15-8-10-16(11-9-15)19-22-24-25(23-19)14-18(26)21-13-12-20-17-6-4-2-3-5-7-17;/h8-11,17,20H,2-7,12-14H2,1H3,(H,21,26);1H. The first kappa shape index (κ1) is 21.3. The smallest absolute Gasteiger partial charge is 0.243 e. The van der Waals surface area contributed by atoms with Gasteiger partial charge in [-0.25, -0.2) is 0 Å². The maximum atomic E-state index is 12.0. The highest BCUT2D eigenvalue weighted by Gasteiger charge is 2.12. The van der Waals surface area contributed by atoms with E-state index in [1.54, 1.807) is 0 Å². The van der Waals surface area contributed by atoms with Gasteiger partial charge in [0.2, 0.25) is 11.7 Å². The van der Waals surface area contributed by atoms with Crippen molar-refractivity contribution >= 4 is 18.3 Å². The van der Waals surface area contributed by atoms with Gasteiger partial charge in [0.05, 0.1) is 0 Å². The first-order valence-corrected chi connectivity index (χ1v) is 9.55. The van der Waals surface area contributed by atoms with Crippen molar-refractivity contribution < 1.29 is 4.79 Å². The number of carbonyl (C=O) groups is 1. The Morgan fingerprint density at radius 1 is 1.11 bits per heavy atom. The number of benzene rings is 1. The summed E-state index contributed by atoms with van der Waals surface area (Å²) < 4.78 is 0. The van der Waals surface area contributed by atoms with Crippen molar-refractivity contribution in [2.75, 3.05) is 13.1 Å². The van der Waals surface area contributed by atoms with Crippen LogP contribution in [0.2, 0.25) is 0 Å². The van der Waals surface area contributed by atoms with E-state index in [0.29, 0.717) is 18.4 Å². The molecule has 1 fully saturated rings. The zero-order valence-electron chi connectivity index (χ0n) is 15.9. The molecule has 2 N–H and O–H groups in total. The summed E-state index contributed by atoms with van der Waals surface area (Å²) in [5, 5.41) is 18.7. The van der Waals surface area contributed by atoms with Gasteiger partial charge in [0.1, 0.15) is 6.54 Å². The van der Waals surface area contributed by atoms with Gasteiger partial charge in [-0.2, -0.15) is 4.80 Å². The minimum atomic E-state index is -0.0967. The van der Waals surface area contributed by atoms with Crippen molar-refractivity contribution in [3.63, 3.8) is 0 Å². The van der Waals surface area contributed by atoms with Crippen molar-refractivity contribution in [2.24, 2.45) is 0 Å². The third-order valence-electron chi connectivity index (χ3n) is 4.78. The Morgan fingerprint density at radius 3 is 2.52 bits per heavy atom. The summed E-state index contributed by atoms with van der Waals surface area (Å²) in [5.41, 5.74) is 2.08. The molecule has 8 heteroatoms. The molecule has 0 saturated heterocycles. The van der Waals surface area contributed by atoms with Crippen molar-refractivity contribution in [1.29, 1.82) is 0 Å². The summed E-state index contributed by atoms with van der Waals surface area (Å²) >= 11 is 0. The van der Waals surface area contributed by atoms with Gasteiger partial charge in [-0.3, -0.25) is 4.79 Å². The van der Waals surface area contributed by atoms with Gasteiger partial charge < -0.3 is 10.6 Å². The van der Waals surface area contributed by atoms with Gasteiger partial charge in [-0.15, -0.1) is 22.6 Å². The van der Waals surface area contributed by atoms with Crippen LogP contribution in [-0.4, -0.2) is 45.2 Å². The quantitative estimate of drug-likeness (QED) is 0.558. The molecule has 1 aliphatic carbocycles. The Kier molecular flexibility index (Phi) is 8.67. The first-order chi connectivity index (χ1) is 12.7. The molecule has 1 amide bonds. The Morgan fingerprint density at radius 2 is 1.81 bits per heavy atom. The molecule has 0 unspecified atom stereocenters. The predicted molar refractivity (Wildman–Crippen MR) is 108 cm³/mol. The van der Waals surface area contributed by atoms with Crippen LogP contribution in [0.1, 0.15) is 44.1 Å². The second-order valence-corrected chi connectivity index (χ2v) is 7.00. The molecule has 0 radical (unpaired) electrons. The second kappa shape index (κ2) is 11.0. The SMILES string of the molecule is Cc1ccc(-c2nnn(CC(=O)NCCNC3CCCCCC3)n2)cc1.Cl. The van der Waals surface area contributed by atoms with Gasteiger partial charge in [-0.05, 0) is 25.0 Å². The molecule has 0 bridgehead atoms. The van der Waals surface area contributed by atoms with E-state index in [1.165, 1.54) is 48.9 Å². The van der Waals surface area contributed by atoms with Crippen LogP contribution in [0.4, 0.5) is 0 Å². The van der Waals surface area contributed by atoms with Crippen LogP contribution in [-0.2, 0) is 11.3 Å². The van der Waals surface area contributed by atoms with Gasteiger partial charge in [0.25, 0.3) is 0 Å². The molecule has 3 rings (SSSR count). The summed E-state index contributed by atoms with van der Waals surface area (Å²) in [6.45, 7) is 3.54. The van der Waals surface area contributed by atoms with Gasteiger partial charge in [0.15, 0.2) is 0 Å². The maximum absolute atomic E-state index is 12.0. The Hall–Kier alpha value is -1.99. The first-order valence-electron chi connectivity index (χ1n) is 9.55.